The second-order valence-electron chi connectivity index (χ2n) is 5.26. The van der Waals surface area contributed by atoms with Gasteiger partial charge < -0.3 is 31.3 Å². The van der Waals surface area contributed by atoms with Crippen molar-refractivity contribution < 1.29 is 29.7 Å². The first-order chi connectivity index (χ1) is 12.7. The summed E-state index contributed by atoms with van der Waals surface area (Å²) in [6, 6.07) is -0.862. The van der Waals surface area contributed by atoms with Crippen LogP contribution in [-0.4, -0.2) is 65.4 Å². The van der Waals surface area contributed by atoms with E-state index < -0.39 is 31.1 Å². The van der Waals surface area contributed by atoms with Gasteiger partial charge in [-0.2, -0.15) is 0 Å². The summed E-state index contributed by atoms with van der Waals surface area (Å²) in [4.78, 5) is 36.9. The third-order valence-electron chi connectivity index (χ3n) is 3.25. The summed E-state index contributed by atoms with van der Waals surface area (Å²) in [7, 11) is 0. The minimum absolute atomic E-state index is 0.0328. The minimum Gasteiger partial charge on any atom is -0.395 e. The first kappa shape index (κ1) is 24.7. The van der Waals surface area contributed by atoms with Crippen LogP contribution in [0.5, 0.6) is 0 Å². The zero-order valence-electron chi connectivity index (χ0n) is 14.1. The highest BCUT2D eigenvalue weighted by Crippen LogP contribution is 2.35. The van der Waals surface area contributed by atoms with E-state index in [2.05, 4.69) is 16.0 Å². The number of carbonyl (C=O) groups is 3. The number of rotatable bonds is 8. The Morgan fingerprint density at radius 2 is 1.44 bits per heavy atom. The molecule has 0 unspecified atom stereocenters. The lowest BCUT2D eigenvalue weighted by Gasteiger charge is -2.20. The Bertz CT molecular complexity index is 740. The van der Waals surface area contributed by atoms with E-state index in [0.717, 1.165) is 0 Å². The molecule has 0 fully saturated rings. The number of nitrogens with one attached hydrogen (secondary N) is 3. The van der Waals surface area contributed by atoms with Crippen LogP contribution in [0.25, 0.3) is 0 Å². The average Bonchev–Trinajstić information content (AvgIpc) is 2.61. The Balaban J connectivity index is 3.58. The van der Waals surface area contributed by atoms with E-state index in [4.69, 9.17) is 5.11 Å². The molecule has 0 bridgehead atoms. The van der Waals surface area contributed by atoms with Crippen molar-refractivity contribution in [2.75, 3.05) is 31.7 Å². The summed E-state index contributed by atoms with van der Waals surface area (Å²) >= 11 is 5.68. The molecule has 0 aliphatic rings. The van der Waals surface area contributed by atoms with Gasteiger partial charge in [0, 0.05) is 17.0 Å². The molecule has 0 aromatic heterocycles. The van der Waals surface area contributed by atoms with Gasteiger partial charge in [0.15, 0.2) is 0 Å². The molecule has 0 saturated heterocycles. The first-order valence-electron chi connectivity index (χ1n) is 7.59. The van der Waals surface area contributed by atoms with Gasteiger partial charge in [-0.15, -0.1) is 0 Å². The molecule has 0 atom stereocenters. The van der Waals surface area contributed by atoms with Gasteiger partial charge in [0.1, 0.15) is 0 Å². The molecule has 0 radical (unpaired) electrons. The SMILES string of the molecule is CC(=O)Nc1c(I)c(C(=O)NCCO)c(I)c(C(=O)NC(CO)CO)c1I. The fourth-order valence-electron chi connectivity index (χ4n) is 2.01. The van der Waals surface area contributed by atoms with Crippen LogP contribution in [0.2, 0.25) is 0 Å². The van der Waals surface area contributed by atoms with E-state index in [1.54, 1.807) is 0 Å². The first-order valence-corrected chi connectivity index (χ1v) is 10.8. The quantitative estimate of drug-likeness (QED) is 0.213. The van der Waals surface area contributed by atoms with Crippen LogP contribution in [0, 0.1) is 10.7 Å². The topological polar surface area (TPSA) is 148 Å². The van der Waals surface area contributed by atoms with Crippen molar-refractivity contribution in [2.24, 2.45) is 0 Å². The minimum atomic E-state index is -0.862. The van der Waals surface area contributed by atoms with Crippen molar-refractivity contribution in [1.29, 1.82) is 0 Å². The Morgan fingerprint density at radius 3 is 1.89 bits per heavy atom. The fraction of sp³-hybridized carbons (Fsp3) is 0.400. The number of hydrogen-bond donors (Lipinski definition) is 6. The predicted octanol–water partition coefficient (Wildman–Crippen LogP) is 0.264. The van der Waals surface area contributed by atoms with Crippen molar-refractivity contribution in [3.8, 4) is 0 Å². The summed E-state index contributed by atoms with van der Waals surface area (Å²) in [6.45, 7) is 0.183. The van der Waals surface area contributed by atoms with Gasteiger partial charge in [0.25, 0.3) is 11.8 Å². The predicted molar refractivity (Wildman–Crippen MR) is 124 cm³/mol. The largest absolute Gasteiger partial charge is 0.395 e. The second kappa shape index (κ2) is 11.6. The third-order valence-corrected chi connectivity index (χ3v) is 6.48. The summed E-state index contributed by atoms with van der Waals surface area (Å²) in [5, 5.41) is 35.0. The highest BCUT2D eigenvalue weighted by Gasteiger charge is 2.28. The molecule has 9 nitrogen and oxygen atoms in total. The molecule has 1 aromatic carbocycles. The summed E-state index contributed by atoms with van der Waals surface area (Å²) < 4.78 is 1.21. The average molecular weight is 717 g/mol. The summed E-state index contributed by atoms with van der Waals surface area (Å²) in [6.07, 6.45) is 0. The second-order valence-corrected chi connectivity index (χ2v) is 8.50. The number of aliphatic hydroxyl groups excluding tert-OH is 3. The number of benzene rings is 1. The van der Waals surface area contributed by atoms with E-state index in [1.807, 2.05) is 67.8 Å². The van der Waals surface area contributed by atoms with Gasteiger partial charge >= 0.3 is 0 Å². The zero-order valence-corrected chi connectivity index (χ0v) is 20.6. The van der Waals surface area contributed by atoms with Gasteiger partial charge in [-0.1, -0.05) is 0 Å². The van der Waals surface area contributed by atoms with Crippen LogP contribution in [0.3, 0.4) is 0 Å². The van der Waals surface area contributed by atoms with Gasteiger partial charge in [-0.05, 0) is 67.8 Å². The normalized spacial score (nSPS) is 10.7. The monoisotopic (exact) mass is 717 g/mol. The maximum atomic E-state index is 12.7. The van der Waals surface area contributed by atoms with Crippen molar-refractivity contribution in [2.45, 2.75) is 13.0 Å². The number of carbonyl (C=O) groups excluding carboxylic acids is 3. The van der Waals surface area contributed by atoms with Crippen LogP contribution in [0.4, 0.5) is 5.69 Å². The van der Waals surface area contributed by atoms with E-state index in [9.17, 15) is 24.6 Å². The van der Waals surface area contributed by atoms with Gasteiger partial charge in [-0.25, -0.2) is 0 Å². The molecule has 3 amide bonds. The molecule has 0 saturated carbocycles. The van der Waals surface area contributed by atoms with Crippen molar-refractivity contribution in [1.82, 2.24) is 10.6 Å². The molecular weight excluding hydrogens is 699 g/mol. The lowest BCUT2D eigenvalue weighted by Crippen LogP contribution is -2.41. The molecule has 1 aromatic rings. The van der Waals surface area contributed by atoms with Crippen LogP contribution >= 0.6 is 67.8 Å². The number of amides is 3. The molecule has 0 heterocycles. The lowest BCUT2D eigenvalue weighted by atomic mass is 10.1. The van der Waals surface area contributed by atoms with Crippen LogP contribution in [-0.2, 0) is 4.79 Å². The van der Waals surface area contributed by atoms with E-state index in [1.165, 1.54) is 6.92 Å². The fourth-order valence-corrected chi connectivity index (χ4v) is 6.43. The maximum absolute atomic E-state index is 12.7. The molecule has 1 rings (SSSR count). The standard InChI is InChI=1S/C15H18I3N3O6/c1-6(25)20-13-11(17)8(14(26)19-2-3-22)10(16)9(12(13)18)15(27)21-7(4-23)5-24/h7,22-24H,2-5H2,1H3,(H,19,26)(H,20,25)(H,21,27). The van der Waals surface area contributed by atoms with Crippen LogP contribution in [0.15, 0.2) is 0 Å². The Morgan fingerprint density at radius 1 is 0.926 bits per heavy atom. The number of aliphatic hydroxyl groups is 3. The van der Waals surface area contributed by atoms with Gasteiger partial charge in [0.05, 0.1) is 49.8 Å². The van der Waals surface area contributed by atoms with Gasteiger partial charge in [0.2, 0.25) is 5.91 Å². The molecule has 0 aliphatic carbocycles. The van der Waals surface area contributed by atoms with Crippen LogP contribution < -0.4 is 16.0 Å². The van der Waals surface area contributed by atoms with Crippen molar-refractivity contribution in [3.63, 3.8) is 0 Å². The summed E-state index contributed by atoms with van der Waals surface area (Å²) in [5.74, 6) is -1.48. The Kier molecular flexibility index (Phi) is 10.7. The Hall–Kier alpha value is -0.300. The molecular formula is C15H18I3N3O6. The van der Waals surface area contributed by atoms with E-state index in [-0.39, 0.29) is 30.2 Å². The third kappa shape index (κ3) is 6.34. The number of hydrogen-bond acceptors (Lipinski definition) is 6. The summed E-state index contributed by atoms with van der Waals surface area (Å²) in [5.41, 5.74) is 0.637. The molecule has 150 valence electrons. The van der Waals surface area contributed by atoms with Crippen molar-refractivity contribution >= 4 is 91.2 Å². The lowest BCUT2D eigenvalue weighted by molar-refractivity contribution is -0.114. The van der Waals surface area contributed by atoms with Crippen molar-refractivity contribution in [3.05, 3.63) is 21.8 Å². The van der Waals surface area contributed by atoms with E-state index in [0.29, 0.717) is 16.4 Å². The molecule has 12 heteroatoms. The zero-order chi connectivity index (χ0) is 20.7. The molecule has 6 N–H and O–H groups in total. The number of anilines is 1. The van der Waals surface area contributed by atoms with Crippen LogP contribution in [0.1, 0.15) is 27.6 Å². The number of halogens is 3. The molecule has 0 spiro atoms. The van der Waals surface area contributed by atoms with E-state index >= 15 is 0 Å². The molecule has 27 heavy (non-hydrogen) atoms. The highest BCUT2D eigenvalue weighted by molar-refractivity contribution is 14.1. The Labute approximate surface area is 196 Å². The highest BCUT2D eigenvalue weighted by atomic mass is 127. The smallest absolute Gasteiger partial charge is 0.253 e. The van der Waals surface area contributed by atoms with Gasteiger partial charge in [-0.3, -0.25) is 14.4 Å². The molecule has 0 aliphatic heterocycles. The maximum Gasteiger partial charge on any atom is 0.253 e.